The molecular weight excluding hydrogens is 272 g/mol. The van der Waals surface area contributed by atoms with Gasteiger partial charge in [0.2, 0.25) is 5.72 Å². The van der Waals surface area contributed by atoms with Crippen molar-refractivity contribution in [2.75, 3.05) is 0 Å². The number of non-ortho nitro benzene ring substituents is 1. The normalized spacial score (nSPS) is 28.4. The molecule has 1 aliphatic carbocycles. The smallest absolute Gasteiger partial charge is 0.269 e. The second kappa shape index (κ2) is 5.00. The molecule has 112 valence electrons. The van der Waals surface area contributed by atoms with Gasteiger partial charge in [-0.25, -0.2) is 10.9 Å². The van der Waals surface area contributed by atoms with Gasteiger partial charge in [-0.05, 0) is 30.9 Å². The van der Waals surface area contributed by atoms with E-state index in [-0.39, 0.29) is 5.69 Å². The lowest BCUT2D eigenvalue weighted by atomic mass is 9.84. The van der Waals surface area contributed by atoms with Gasteiger partial charge in [-0.1, -0.05) is 12.1 Å². The lowest BCUT2D eigenvalue weighted by Gasteiger charge is -2.38. The average Bonchev–Trinajstić information content (AvgIpc) is 2.80. The Labute approximate surface area is 122 Å². The van der Waals surface area contributed by atoms with Crippen LogP contribution in [0.2, 0.25) is 0 Å². The minimum Gasteiger partial charge on any atom is -0.364 e. The van der Waals surface area contributed by atoms with Crippen molar-refractivity contribution in [3.05, 3.63) is 39.9 Å². The van der Waals surface area contributed by atoms with E-state index < -0.39 is 10.6 Å². The number of nitro benzene ring substituents is 1. The SMILES string of the molecule is CC1CCC2(CC1)ON=C(c1ccc([N+](=O)[O-])cc1)N2N. The lowest BCUT2D eigenvalue weighted by Crippen LogP contribution is -2.54. The van der Waals surface area contributed by atoms with Crippen LogP contribution in [0.15, 0.2) is 29.4 Å². The summed E-state index contributed by atoms with van der Waals surface area (Å²) in [5, 5.41) is 16.4. The maximum atomic E-state index is 10.7. The van der Waals surface area contributed by atoms with Crippen molar-refractivity contribution in [1.29, 1.82) is 0 Å². The second-order valence-corrected chi connectivity index (χ2v) is 5.81. The summed E-state index contributed by atoms with van der Waals surface area (Å²) >= 11 is 0. The number of hydrogen-bond donors (Lipinski definition) is 1. The predicted octanol–water partition coefficient (Wildman–Crippen LogP) is 2.37. The number of nitrogens with two attached hydrogens (primary N) is 1. The van der Waals surface area contributed by atoms with Crippen LogP contribution in [0.4, 0.5) is 5.69 Å². The van der Waals surface area contributed by atoms with E-state index in [1.54, 1.807) is 17.1 Å². The van der Waals surface area contributed by atoms with Gasteiger partial charge in [0.15, 0.2) is 5.84 Å². The third-order valence-electron chi connectivity index (χ3n) is 4.36. The van der Waals surface area contributed by atoms with E-state index in [9.17, 15) is 10.1 Å². The van der Waals surface area contributed by atoms with Crippen molar-refractivity contribution < 1.29 is 9.76 Å². The molecule has 1 fully saturated rings. The molecule has 2 aliphatic rings. The first-order valence-electron chi connectivity index (χ1n) is 7.08. The van der Waals surface area contributed by atoms with Crippen molar-refractivity contribution in [3.8, 4) is 0 Å². The van der Waals surface area contributed by atoms with Crippen LogP contribution < -0.4 is 5.84 Å². The van der Waals surface area contributed by atoms with Crippen LogP contribution in [0.1, 0.15) is 38.2 Å². The lowest BCUT2D eigenvalue weighted by molar-refractivity contribution is -0.384. The highest BCUT2D eigenvalue weighted by Crippen LogP contribution is 2.39. The number of benzene rings is 1. The Morgan fingerprint density at radius 1 is 1.38 bits per heavy atom. The van der Waals surface area contributed by atoms with Gasteiger partial charge in [0, 0.05) is 30.5 Å². The third-order valence-corrected chi connectivity index (χ3v) is 4.36. The Bertz CT molecular complexity index is 576. The first-order valence-corrected chi connectivity index (χ1v) is 7.08. The zero-order valence-corrected chi connectivity index (χ0v) is 11.9. The quantitative estimate of drug-likeness (QED) is 0.512. The summed E-state index contributed by atoms with van der Waals surface area (Å²) < 4.78 is 0. The summed E-state index contributed by atoms with van der Waals surface area (Å²) in [5.41, 5.74) is 0.213. The molecule has 1 heterocycles. The summed E-state index contributed by atoms with van der Waals surface area (Å²) in [5.74, 6) is 7.41. The monoisotopic (exact) mass is 290 g/mol. The minimum absolute atomic E-state index is 0.0445. The highest BCUT2D eigenvalue weighted by molar-refractivity contribution is 5.99. The number of rotatable bonds is 2. The molecule has 0 radical (unpaired) electrons. The molecule has 1 saturated carbocycles. The highest BCUT2D eigenvalue weighted by Gasteiger charge is 2.47. The predicted molar refractivity (Wildman–Crippen MR) is 77.1 cm³/mol. The van der Waals surface area contributed by atoms with E-state index in [2.05, 4.69) is 12.1 Å². The van der Waals surface area contributed by atoms with Crippen molar-refractivity contribution in [1.82, 2.24) is 5.01 Å². The molecule has 21 heavy (non-hydrogen) atoms. The molecule has 0 aromatic heterocycles. The number of hydrazine groups is 1. The van der Waals surface area contributed by atoms with Gasteiger partial charge < -0.3 is 4.84 Å². The van der Waals surface area contributed by atoms with Gasteiger partial charge in [0.1, 0.15) is 0 Å². The molecule has 0 amide bonds. The summed E-state index contributed by atoms with van der Waals surface area (Å²) in [6, 6.07) is 6.18. The van der Waals surface area contributed by atoms with Gasteiger partial charge >= 0.3 is 0 Å². The Kier molecular flexibility index (Phi) is 3.29. The van der Waals surface area contributed by atoms with E-state index in [4.69, 9.17) is 10.7 Å². The molecule has 2 N–H and O–H groups in total. The Hall–Kier alpha value is -2.15. The fourth-order valence-electron chi connectivity index (χ4n) is 2.88. The summed E-state index contributed by atoms with van der Waals surface area (Å²) in [6.45, 7) is 2.22. The van der Waals surface area contributed by atoms with Crippen LogP contribution in [-0.4, -0.2) is 21.5 Å². The van der Waals surface area contributed by atoms with Crippen molar-refractivity contribution in [2.45, 2.75) is 38.3 Å². The van der Waals surface area contributed by atoms with E-state index >= 15 is 0 Å². The van der Waals surface area contributed by atoms with Gasteiger partial charge in [-0.2, -0.15) is 0 Å². The molecule has 1 aromatic rings. The molecular formula is C14H18N4O3. The van der Waals surface area contributed by atoms with Crippen LogP contribution in [0.25, 0.3) is 0 Å². The van der Waals surface area contributed by atoms with E-state index in [0.29, 0.717) is 11.8 Å². The van der Waals surface area contributed by atoms with Gasteiger partial charge in [-0.15, -0.1) is 0 Å². The van der Waals surface area contributed by atoms with Crippen molar-refractivity contribution in [2.24, 2.45) is 16.9 Å². The zero-order valence-electron chi connectivity index (χ0n) is 11.9. The highest BCUT2D eigenvalue weighted by atomic mass is 16.7. The number of amidine groups is 1. The minimum atomic E-state index is -0.552. The first kappa shape index (κ1) is 13.8. The Morgan fingerprint density at radius 3 is 2.57 bits per heavy atom. The largest absolute Gasteiger partial charge is 0.364 e. The Balaban J connectivity index is 1.80. The molecule has 0 saturated heterocycles. The number of nitro groups is 1. The summed E-state index contributed by atoms with van der Waals surface area (Å²) in [6.07, 6.45) is 3.78. The maximum absolute atomic E-state index is 10.7. The maximum Gasteiger partial charge on any atom is 0.269 e. The molecule has 1 spiro atoms. The molecule has 1 aliphatic heterocycles. The molecule has 0 unspecified atom stereocenters. The summed E-state index contributed by atoms with van der Waals surface area (Å²) in [7, 11) is 0. The zero-order chi connectivity index (χ0) is 15.0. The number of nitrogens with zero attached hydrogens (tertiary/aromatic N) is 3. The topological polar surface area (TPSA) is 94.0 Å². The van der Waals surface area contributed by atoms with Crippen LogP contribution in [0.3, 0.4) is 0 Å². The molecule has 3 rings (SSSR count). The number of oxime groups is 1. The summed E-state index contributed by atoms with van der Waals surface area (Å²) in [4.78, 5) is 15.9. The van der Waals surface area contributed by atoms with E-state index in [1.807, 2.05) is 0 Å². The van der Waals surface area contributed by atoms with Crippen LogP contribution in [0.5, 0.6) is 0 Å². The standard InChI is InChI=1S/C14H18N4O3/c1-10-6-8-14(9-7-10)17(15)13(16-21-14)11-2-4-12(5-3-11)18(19)20/h2-5,10H,6-9,15H2,1H3. The van der Waals surface area contributed by atoms with Crippen molar-refractivity contribution in [3.63, 3.8) is 0 Å². The van der Waals surface area contributed by atoms with Crippen LogP contribution >= 0.6 is 0 Å². The first-order chi connectivity index (χ1) is 10.0. The molecule has 0 bridgehead atoms. The fraction of sp³-hybridized carbons (Fsp3) is 0.500. The van der Waals surface area contributed by atoms with Crippen LogP contribution in [-0.2, 0) is 4.84 Å². The molecule has 7 heteroatoms. The van der Waals surface area contributed by atoms with Gasteiger partial charge in [0.25, 0.3) is 5.69 Å². The van der Waals surface area contributed by atoms with E-state index in [0.717, 1.165) is 31.2 Å². The Morgan fingerprint density at radius 2 is 2.00 bits per heavy atom. The molecule has 0 atom stereocenters. The molecule has 7 nitrogen and oxygen atoms in total. The van der Waals surface area contributed by atoms with Crippen molar-refractivity contribution >= 4 is 11.5 Å². The van der Waals surface area contributed by atoms with Gasteiger partial charge in [-0.3, -0.25) is 10.1 Å². The average molecular weight is 290 g/mol. The van der Waals surface area contributed by atoms with E-state index in [1.165, 1.54) is 12.1 Å². The molecule has 1 aromatic carbocycles. The van der Waals surface area contributed by atoms with Gasteiger partial charge in [0.05, 0.1) is 4.92 Å². The number of hydrogen-bond acceptors (Lipinski definition) is 6. The fourth-order valence-corrected chi connectivity index (χ4v) is 2.88. The second-order valence-electron chi connectivity index (χ2n) is 5.81. The van der Waals surface area contributed by atoms with Crippen LogP contribution in [0, 0.1) is 16.0 Å². The third kappa shape index (κ3) is 2.33.